The van der Waals surface area contributed by atoms with Crippen LogP contribution in [0.25, 0.3) is 0 Å². The summed E-state index contributed by atoms with van der Waals surface area (Å²) in [5.74, 6) is -0.362. The molecule has 0 aromatic carbocycles. The Morgan fingerprint density at radius 2 is 2.08 bits per heavy atom. The second-order valence-electron chi connectivity index (χ2n) is 2.28. The summed E-state index contributed by atoms with van der Waals surface area (Å²) in [6.07, 6.45) is 0.738. The summed E-state index contributed by atoms with van der Waals surface area (Å²) in [5.41, 5.74) is 0. The van der Waals surface area contributed by atoms with E-state index in [1.807, 2.05) is 0 Å². The lowest BCUT2D eigenvalue weighted by Gasteiger charge is -2.03. The molecule has 0 aliphatic carbocycles. The highest BCUT2D eigenvalue weighted by molar-refractivity contribution is 5.92. The zero-order valence-corrected chi connectivity index (χ0v) is 7.35. The molecule has 12 heavy (non-hydrogen) atoms. The third-order valence-corrected chi connectivity index (χ3v) is 1.10. The van der Waals surface area contributed by atoms with Crippen LogP contribution in [0.4, 0.5) is 4.79 Å². The molecule has 0 fully saturated rings. The molecule has 0 aliphatic rings. The largest absolute Gasteiger partial charge is 0.385 e. The Bertz CT molecular complexity index is 159. The fraction of sp³-hybridized carbons (Fsp3) is 0.714. The normalized spacial score (nSPS) is 9.17. The number of amides is 3. The predicted octanol–water partition coefficient (Wildman–Crippen LogP) is -0.131. The molecule has 2 N–H and O–H groups in total. The molecule has 0 bridgehead atoms. The van der Waals surface area contributed by atoms with E-state index in [2.05, 4.69) is 10.6 Å². The fourth-order valence-corrected chi connectivity index (χ4v) is 0.622. The van der Waals surface area contributed by atoms with Crippen LogP contribution < -0.4 is 10.6 Å². The van der Waals surface area contributed by atoms with Crippen LogP contribution in [0, 0.1) is 0 Å². The van der Waals surface area contributed by atoms with Crippen molar-refractivity contribution in [3.63, 3.8) is 0 Å². The number of hydrogen-bond acceptors (Lipinski definition) is 3. The van der Waals surface area contributed by atoms with Crippen molar-refractivity contribution in [1.29, 1.82) is 0 Å². The number of carbonyl (C=O) groups excluding carboxylic acids is 2. The van der Waals surface area contributed by atoms with Crippen LogP contribution in [0.2, 0.25) is 0 Å². The van der Waals surface area contributed by atoms with Gasteiger partial charge in [0, 0.05) is 27.2 Å². The molecule has 5 nitrogen and oxygen atoms in total. The van der Waals surface area contributed by atoms with Gasteiger partial charge in [-0.05, 0) is 6.42 Å². The van der Waals surface area contributed by atoms with Crippen LogP contribution in [0.15, 0.2) is 0 Å². The van der Waals surface area contributed by atoms with E-state index in [4.69, 9.17) is 4.74 Å². The van der Waals surface area contributed by atoms with E-state index in [0.29, 0.717) is 13.2 Å². The summed E-state index contributed by atoms with van der Waals surface area (Å²) in [6.45, 7) is 2.39. The number of nitrogens with one attached hydrogen (secondary N) is 2. The number of hydrogen-bond donors (Lipinski definition) is 2. The lowest BCUT2D eigenvalue weighted by Crippen LogP contribution is -2.38. The molecule has 5 heteroatoms. The van der Waals surface area contributed by atoms with Gasteiger partial charge in [-0.3, -0.25) is 10.1 Å². The van der Waals surface area contributed by atoms with Gasteiger partial charge in [-0.1, -0.05) is 0 Å². The first-order valence-electron chi connectivity index (χ1n) is 3.71. The van der Waals surface area contributed by atoms with E-state index in [1.165, 1.54) is 6.92 Å². The average Bonchev–Trinajstić information content (AvgIpc) is 1.97. The second-order valence-corrected chi connectivity index (χ2v) is 2.28. The number of urea groups is 1. The molecule has 70 valence electrons. The Morgan fingerprint density at radius 1 is 1.42 bits per heavy atom. The molecule has 0 unspecified atom stereocenters. The molecule has 0 aromatic rings. The monoisotopic (exact) mass is 174 g/mol. The lowest BCUT2D eigenvalue weighted by atomic mass is 10.4. The maximum absolute atomic E-state index is 10.7. The van der Waals surface area contributed by atoms with Crippen molar-refractivity contribution < 1.29 is 14.3 Å². The molecule has 0 saturated heterocycles. The first-order chi connectivity index (χ1) is 5.66. The van der Waals surface area contributed by atoms with Gasteiger partial charge in [-0.25, -0.2) is 4.79 Å². The Kier molecular flexibility index (Phi) is 6.00. The smallest absolute Gasteiger partial charge is 0.321 e. The van der Waals surface area contributed by atoms with Gasteiger partial charge in [0.05, 0.1) is 0 Å². The van der Waals surface area contributed by atoms with Crippen LogP contribution in [0.1, 0.15) is 13.3 Å². The Balaban J connectivity index is 3.26. The predicted molar refractivity (Wildman–Crippen MR) is 43.7 cm³/mol. The van der Waals surface area contributed by atoms with Crippen molar-refractivity contribution in [1.82, 2.24) is 10.6 Å². The molecule has 0 rings (SSSR count). The van der Waals surface area contributed by atoms with Gasteiger partial charge in [0.15, 0.2) is 0 Å². The second kappa shape index (κ2) is 6.60. The first kappa shape index (κ1) is 10.9. The lowest BCUT2D eigenvalue weighted by molar-refractivity contribution is -0.117. The van der Waals surface area contributed by atoms with Gasteiger partial charge in [0.1, 0.15) is 0 Å². The van der Waals surface area contributed by atoms with Crippen LogP contribution in [0.5, 0.6) is 0 Å². The van der Waals surface area contributed by atoms with Crippen molar-refractivity contribution in [2.24, 2.45) is 0 Å². The SMILES string of the molecule is COCCCNC(=O)NC(C)=O. The van der Waals surface area contributed by atoms with E-state index in [1.54, 1.807) is 7.11 Å². The summed E-state index contributed by atoms with van der Waals surface area (Å²) in [6, 6.07) is -0.460. The zero-order valence-electron chi connectivity index (χ0n) is 7.35. The molecule has 0 saturated carbocycles. The standard InChI is InChI=1S/C7H14N2O3/c1-6(10)9-7(11)8-4-3-5-12-2/h3-5H2,1-2H3,(H2,8,9,10,11). The highest BCUT2D eigenvalue weighted by atomic mass is 16.5. The molecule has 0 radical (unpaired) electrons. The van der Waals surface area contributed by atoms with E-state index < -0.39 is 6.03 Å². The van der Waals surface area contributed by atoms with Gasteiger partial charge in [-0.15, -0.1) is 0 Å². The number of methoxy groups -OCH3 is 1. The van der Waals surface area contributed by atoms with Crippen molar-refractivity contribution in [3.05, 3.63) is 0 Å². The zero-order chi connectivity index (χ0) is 9.40. The van der Waals surface area contributed by atoms with Crippen LogP contribution in [-0.2, 0) is 9.53 Å². The maximum atomic E-state index is 10.7. The highest BCUT2D eigenvalue weighted by Crippen LogP contribution is 1.76. The van der Waals surface area contributed by atoms with Crippen molar-refractivity contribution in [2.45, 2.75) is 13.3 Å². The number of rotatable bonds is 4. The first-order valence-corrected chi connectivity index (χ1v) is 3.71. The third kappa shape index (κ3) is 7.01. The quantitative estimate of drug-likeness (QED) is 0.583. The van der Waals surface area contributed by atoms with Gasteiger partial charge in [0.25, 0.3) is 0 Å². The maximum Gasteiger partial charge on any atom is 0.321 e. The Morgan fingerprint density at radius 3 is 2.58 bits per heavy atom. The molecule has 0 spiro atoms. The van der Waals surface area contributed by atoms with Gasteiger partial charge < -0.3 is 10.1 Å². The number of ether oxygens (including phenoxy) is 1. The van der Waals surface area contributed by atoms with Crippen molar-refractivity contribution in [3.8, 4) is 0 Å². The molecule has 3 amide bonds. The van der Waals surface area contributed by atoms with Crippen LogP contribution in [0.3, 0.4) is 0 Å². The molecule has 0 atom stereocenters. The molecular formula is C7H14N2O3. The molecule has 0 heterocycles. The summed E-state index contributed by atoms with van der Waals surface area (Å²) >= 11 is 0. The molecule has 0 aliphatic heterocycles. The molecular weight excluding hydrogens is 160 g/mol. The van der Waals surface area contributed by atoms with E-state index >= 15 is 0 Å². The average molecular weight is 174 g/mol. The third-order valence-electron chi connectivity index (χ3n) is 1.10. The Hall–Kier alpha value is -1.10. The van der Waals surface area contributed by atoms with Crippen LogP contribution >= 0.6 is 0 Å². The summed E-state index contributed by atoms with van der Waals surface area (Å²) < 4.78 is 4.77. The van der Waals surface area contributed by atoms with Gasteiger partial charge in [0.2, 0.25) is 5.91 Å². The summed E-state index contributed by atoms with van der Waals surface area (Å²) in [5, 5.41) is 4.59. The van der Waals surface area contributed by atoms with Crippen molar-refractivity contribution in [2.75, 3.05) is 20.3 Å². The van der Waals surface area contributed by atoms with Crippen LogP contribution in [-0.4, -0.2) is 32.2 Å². The van der Waals surface area contributed by atoms with Gasteiger partial charge in [-0.2, -0.15) is 0 Å². The van der Waals surface area contributed by atoms with E-state index in [9.17, 15) is 9.59 Å². The molecule has 0 aromatic heterocycles. The minimum Gasteiger partial charge on any atom is -0.385 e. The highest BCUT2D eigenvalue weighted by Gasteiger charge is 1.99. The van der Waals surface area contributed by atoms with Crippen molar-refractivity contribution >= 4 is 11.9 Å². The van der Waals surface area contributed by atoms with E-state index in [0.717, 1.165) is 6.42 Å². The Labute approximate surface area is 71.5 Å². The minimum atomic E-state index is -0.460. The summed E-state index contributed by atoms with van der Waals surface area (Å²) in [4.78, 5) is 21.1. The number of imide groups is 1. The van der Waals surface area contributed by atoms with E-state index in [-0.39, 0.29) is 5.91 Å². The summed E-state index contributed by atoms with van der Waals surface area (Å²) in [7, 11) is 1.59. The fourth-order valence-electron chi connectivity index (χ4n) is 0.622. The van der Waals surface area contributed by atoms with Gasteiger partial charge >= 0.3 is 6.03 Å². The topological polar surface area (TPSA) is 67.4 Å². The minimum absolute atomic E-state index is 0.362. The number of carbonyl (C=O) groups is 2.